The molecule has 3 N–H and O–H groups in total. The first-order valence-electron chi connectivity index (χ1n) is 4.63. The van der Waals surface area contributed by atoms with E-state index in [1.165, 1.54) is 12.1 Å². The molecular formula is C10H7F6NO3. The van der Waals surface area contributed by atoms with E-state index in [1.807, 2.05) is 0 Å². The molecule has 0 saturated heterocycles. The summed E-state index contributed by atoms with van der Waals surface area (Å²) in [6.07, 6.45) is -9.62. The highest BCUT2D eigenvalue weighted by Crippen LogP contribution is 2.31. The van der Waals surface area contributed by atoms with Crippen LogP contribution in [-0.4, -0.2) is 23.2 Å². The number of aliphatic carboxylic acids is 1. The first kappa shape index (κ1) is 17.7. The third-order valence-electron chi connectivity index (χ3n) is 1.74. The zero-order valence-corrected chi connectivity index (χ0v) is 9.42. The minimum atomic E-state index is -5.08. The SMILES string of the molecule is NC(=O)c1ccccc1C(F)(F)F.O=C(O)C(F)(F)F. The van der Waals surface area contributed by atoms with Gasteiger partial charge in [0.1, 0.15) is 0 Å². The van der Waals surface area contributed by atoms with Crippen LogP contribution < -0.4 is 5.73 Å². The van der Waals surface area contributed by atoms with Gasteiger partial charge in [-0.25, -0.2) is 4.79 Å². The Balaban J connectivity index is 0.000000441. The topological polar surface area (TPSA) is 80.4 Å². The van der Waals surface area contributed by atoms with E-state index in [0.29, 0.717) is 0 Å². The number of carbonyl (C=O) groups excluding carboxylic acids is 1. The largest absolute Gasteiger partial charge is 0.490 e. The molecule has 0 spiro atoms. The highest BCUT2D eigenvalue weighted by atomic mass is 19.4. The average molecular weight is 303 g/mol. The minimum Gasteiger partial charge on any atom is -0.475 e. The van der Waals surface area contributed by atoms with Gasteiger partial charge in [-0.2, -0.15) is 26.3 Å². The maximum Gasteiger partial charge on any atom is 0.490 e. The van der Waals surface area contributed by atoms with Gasteiger partial charge >= 0.3 is 18.3 Å². The van der Waals surface area contributed by atoms with E-state index in [-0.39, 0.29) is 0 Å². The second-order valence-corrected chi connectivity index (χ2v) is 3.21. The maximum absolute atomic E-state index is 12.2. The molecule has 10 heteroatoms. The van der Waals surface area contributed by atoms with Crippen molar-refractivity contribution in [2.75, 3.05) is 0 Å². The quantitative estimate of drug-likeness (QED) is 0.782. The smallest absolute Gasteiger partial charge is 0.475 e. The fourth-order valence-corrected chi connectivity index (χ4v) is 0.945. The molecule has 0 aliphatic carbocycles. The Morgan fingerprint density at radius 1 is 1.00 bits per heavy atom. The fourth-order valence-electron chi connectivity index (χ4n) is 0.945. The Labute approximate surface area is 107 Å². The summed E-state index contributed by atoms with van der Waals surface area (Å²) in [6.45, 7) is 0. The molecule has 0 fully saturated rings. The third-order valence-corrected chi connectivity index (χ3v) is 1.74. The van der Waals surface area contributed by atoms with Gasteiger partial charge in [-0.3, -0.25) is 4.79 Å². The van der Waals surface area contributed by atoms with Gasteiger partial charge < -0.3 is 10.8 Å². The summed E-state index contributed by atoms with van der Waals surface area (Å²) in [5, 5.41) is 7.12. The lowest BCUT2D eigenvalue weighted by Crippen LogP contribution is -2.21. The standard InChI is InChI=1S/C8H6F3NO.C2HF3O2/c9-8(10,11)6-4-2-1-3-5(6)7(12)13;3-2(4,5)1(6)7/h1-4H,(H2,12,13);(H,6,7). The van der Waals surface area contributed by atoms with Crippen LogP contribution >= 0.6 is 0 Å². The van der Waals surface area contributed by atoms with Crippen LogP contribution in [-0.2, 0) is 11.0 Å². The van der Waals surface area contributed by atoms with Crippen molar-refractivity contribution in [1.82, 2.24) is 0 Å². The molecular weight excluding hydrogens is 296 g/mol. The molecule has 4 nitrogen and oxygen atoms in total. The van der Waals surface area contributed by atoms with Crippen molar-refractivity contribution in [2.45, 2.75) is 12.4 Å². The van der Waals surface area contributed by atoms with Crippen molar-refractivity contribution in [3.63, 3.8) is 0 Å². The van der Waals surface area contributed by atoms with E-state index in [9.17, 15) is 31.1 Å². The molecule has 1 rings (SSSR count). The number of alkyl halides is 6. The first-order chi connectivity index (χ1) is 8.87. The number of halogens is 6. The first-order valence-corrected chi connectivity index (χ1v) is 4.63. The number of carbonyl (C=O) groups is 2. The number of hydrogen-bond donors (Lipinski definition) is 2. The summed E-state index contributed by atoms with van der Waals surface area (Å²) in [5.41, 5.74) is 3.27. The van der Waals surface area contributed by atoms with E-state index < -0.39 is 35.4 Å². The molecule has 0 aromatic heterocycles. The summed E-state index contributed by atoms with van der Waals surface area (Å²) >= 11 is 0. The van der Waals surface area contributed by atoms with Crippen LogP contribution in [0.4, 0.5) is 26.3 Å². The predicted octanol–water partition coefficient (Wildman–Crippen LogP) is 2.44. The Morgan fingerprint density at radius 2 is 1.40 bits per heavy atom. The second-order valence-electron chi connectivity index (χ2n) is 3.21. The van der Waals surface area contributed by atoms with Gasteiger partial charge in [-0.05, 0) is 12.1 Å². The molecule has 1 aromatic carbocycles. The van der Waals surface area contributed by atoms with Crippen LogP contribution in [0.15, 0.2) is 24.3 Å². The maximum atomic E-state index is 12.2. The lowest BCUT2D eigenvalue weighted by molar-refractivity contribution is -0.192. The zero-order chi connectivity index (χ0) is 16.1. The van der Waals surface area contributed by atoms with E-state index in [2.05, 4.69) is 0 Å². The lowest BCUT2D eigenvalue weighted by Gasteiger charge is -2.09. The van der Waals surface area contributed by atoms with Crippen LogP contribution in [0.1, 0.15) is 15.9 Å². The number of nitrogens with two attached hydrogens (primary N) is 1. The van der Waals surface area contributed by atoms with Crippen LogP contribution in [0.25, 0.3) is 0 Å². The molecule has 0 unspecified atom stereocenters. The van der Waals surface area contributed by atoms with Gasteiger partial charge in [0, 0.05) is 0 Å². The van der Waals surface area contributed by atoms with Gasteiger partial charge in [0.05, 0.1) is 11.1 Å². The molecule has 0 aliphatic rings. The molecule has 0 saturated carbocycles. The van der Waals surface area contributed by atoms with Crippen molar-refractivity contribution < 1.29 is 41.0 Å². The molecule has 1 amide bonds. The average Bonchev–Trinajstić information content (AvgIpc) is 2.27. The lowest BCUT2D eigenvalue weighted by atomic mass is 10.1. The Kier molecular flexibility index (Phi) is 5.55. The van der Waals surface area contributed by atoms with Crippen molar-refractivity contribution >= 4 is 11.9 Å². The van der Waals surface area contributed by atoms with Gasteiger partial charge in [0.25, 0.3) is 0 Å². The third kappa shape index (κ3) is 5.59. The van der Waals surface area contributed by atoms with Crippen LogP contribution in [0, 0.1) is 0 Å². The van der Waals surface area contributed by atoms with Crippen LogP contribution in [0.3, 0.4) is 0 Å². The molecule has 112 valence electrons. The van der Waals surface area contributed by atoms with Crippen LogP contribution in [0.5, 0.6) is 0 Å². The monoisotopic (exact) mass is 303 g/mol. The normalized spacial score (nSPS) is 11.3. The number of primary amides is 1. The van der Waals surface area contributed by atoms with Crippen LogP contribution in [0.2, 0.25) is 0 Å². The second kappa shape index (κ2) is 6.26. The van der Waals surface area contributed by atoms with E-state index >= 15 is 0 Å². The number of amides is 1. The Bertz CT molecular complexity index is 495. The van der Waals surface area contributed by atoms with E-state index in [1.54, 1.807) is 0 Å². The summed E-state index contributed by atoms with van der Waals surface area (Å²) in [5.74, 6) is -3.83. The van der Waals surface area contributed by atoms with Gasteiger partial charge in [-0.15, -0.1) is 0 Å². The molecule has 0 heterocycles. The molecule has 0 radical (unpaired) electrons. The molecule has 0 aliphatic heterocycles. The van der Waals surface area contributed by atoms with Gasteiger partial charge in [0.15, 0.2) is 0 Å². The Morgan fingerprint density at radius 3 is 1.65 bits per heavy atom. The van der Waals surface area contributed by atoms with Gasteiger partial charge in [-0.1, -0.05) is 12.1 Å². The molecule has 0 atom stereocenters. The highest BCUT2D eigenvalue weighted by molar-refractivity contribution is 5.94. The molecule has 20 heavy (non-hydrogen) atoms. The number of hydrogen-bond acceptors (Lipinski definition) is 2. The number of benzene rings is 1. The van der Waals surface area contributed by atoms with Crippen molar-refractivity contribution in [1.29, 1.82) is 0 Å². The number of carboxylic acid groups (broad SMARTS) is 1. The molecule has 1 aromatic rings. The van der Waals surface area contributed by atoms with Crippen molar-refractivity contribution in [3.05, 3.63) is 35.4 Å². The zero-order valence-electron chi connectivity index (χ0n) is 9.42. The fraction of sp³-hybridized carbons (Fsp3) is 0.200. The van der Waals surface area contributed by atoms with Gasteiger partial charge in [0.2, 0.25) is 5.91 Å². The summed E-state index contributed by atoms with van der Waals surface area (Å²) in [4.78, 5) is 19.5. The van der Waals surface area contributed by atoms with E-state index in [4.69, 9.17) is 15.6 Å². The minimum absolute atomic E-state index is 0.505. The predicted molar refractivity (Wildman–Crippen MR) is 53.7 cm³/mol. The summed E-state index contributed by atoms with van der Waals surface area (Å²) in [6, 6.07) is 4.40. The Hall–Kier alpha value is -2.26. The number of carboxylic acids is 1. The summed E-state index contributed by atoms with van der Waals surface area (Å²) < 4.78 is 68.3. The van der Waals surface area contributed by atoms with Crippen molar-refractivity contribution in [3.8, 4) is 0 Å². The molecule has 0 bridgehead atoms. The summed E-state index contributed by atoms with van der Waals surface area (Å²) in [7, 11) is 0. The van der Waals surface area contributed by atoms with Crippen molar-refractivity contribution in [2.24, 2.45) is 5.73 Å². The number of rotatable bonds is 1. The van der Waals surface area contributed by atoms with E-state index in [0.717, 1.165) is 12.1 Å². The highest BCUT2D eigenvalue weighted by Gasteiger charge is 2.38.